The van der Waals surface area contributed by atoms with E-state index in [1.807, 2.05) is 36.7 Å². The highest BCUT2D eigenvalue weighted by molar-refractivity contribution is 5.60. The van der Waals surface area contributed by atoms with Crippen molar-refractivity contribution in [3.63, 3.8) is 0 Å². The number of rotatable bonds is 6. The van der Waals surface area contributed by atoms with E-state index < -0.39 is 0 Å². The van der Waals surface area contributed by atoms with Crippen LogP contribution in [-0.2, 0) is 19.6 Å². The molecule has 4 rings (SSSR count). The van der Waals surface area contributed by atoms with E-state index in [0.717, 1.165) is 48.6 Å². The Hall–Kier alpha value is -2.56. The van der Waals surface area contributed by atoms with Gasteiger partial charge in [-0.15, -0.1) is 0 Å². The number of aryl methyl sites for hydroxylation is 1. The molecule has 0 bridgehead atoms. The van der Waals surface area contributed by atoms with Gasteiger partial charge in [0.05, 0.1) is 18.0 Å². The van der Waals surface area contributed by atoms with Gasteiger partial charge in [-0.05, 0) is 60.2 Å². The summed E-state index contributed by atoms with van der Waals surface area (Å²) in [7, 11) is 0. The molecule has 1 aliphatic heterocycles. The van der Waals surface area contributed by atoms with Gasteiger partial charge >= 0.3 is 0 Å². The fourth-order valence-electron chi connectivity index (χ4n) is 3.87. The van der Waals surface area contributed by atoms with Gasteiger partial charge in [0, 0.05) is 31.0 Å². The van der Waals surface area contributed by atoms with Gasteiger partial charge in [-0.3, -0.25) is 14.9 Å². The van der Waals surface area contributed by atoms with E-state index in [4.69, 9.17) is 0 Å². The van der Waals surface area contributed by atoms with Crippen molar-refractivity contribution in [1.82, 2.24) is 14.9 Å². The highest BCUT2D eigenvalue weighted by Gasteiger charge is 2.24. The summed E-state index contributed by atoms with van der Waals surface area (Å²) >= 11 is 0. The predicted octanol–water partition coefficient (Wildman–Crippen LogP) is 4.19. The highest BCUT2D eigenvalue weighted by atomic mass is 16.3. The van der Waals surface area contributed by atoms with E-state index in [9.17, 15) is 5.11 Å². The van der Waals surface area contributed by atoms with Crippen molar-refractivity contribution in [2.75, 3.05) is 13.1 Å². The van der Waals surface area contributed by atoms with Gasteiger partial charge in [-0.1, -0.05) is 37.3 Å². The lowest BCUT2D eigenvalue weighted by molar-refractivity contribution is 0.282. The lowest BCUT2D eigenvalue weighted by atomic mass is 9.97. The third-order valence-corrected chi connectivity index (χ3v) is 5.64. The molecule has 1 saturated heterocycles. The number of pyridine rings is 2. The summed E-state index contributed by atoms with van der Waals surface area (Å²) in [6.07, 6.45) is 6.12. The van der Waals surface area contributed by atoms with Crippen LogP contribution in [-0.4, -0.2) is 33.1 Å². The minimum absolute atomic E-state index is 0.0711. The van der Waals surface area contributed by atoms with Crippen molar-refractivity contribution >= 4 is 0 Å². The van der Waals surface area contributed by atoms with E-state index >= 15 is 0 Å². The summed E-state index contributed by atoms with van der Waals surface area (Å²) in [5.41, 5.74) is 6.81. The zero-order chi connectivity index (χ0) is 19.3. The summed E-state index contributed by atoms with van der Waals surface area (Å²) in [5, 5.41) is 9.22. The van der Waals surface area contributed by atoms with Crippen LogP contribution < -0.4 is 0 Å². The maximum atomic E-state index is 9.22. The number of hydrogen-bond acceptors (Lipinski definition) is 4. The average molecular weight is 374 g/mol. The Bertz CT molecular complexity index is 906. The number of aromatic nitrogens is 2. The number of nitrogens with zero attached hydrogens (tertiary/aromatic N) is 3. The molecule has 1 N–H and O–H groups in total. The highest BCUT2D eigenvalue weighted by Crippen LogP contribution is 2.30. The SMILES string of the molecule is CCc1ccc(CN2CCC(c3ccnc(-c4ccc(CO)cc4)c3)C2)nc1. The molecule has 0 aliphatic carbocycles. The molecule has 1 unspecified atom stereocenters. The number of likely N-dealkylation sites (tertiary alicyclic amines) is 1. The molecule has 4 nitrogen and oxygen atoms in total. The van der Waals surface area contributed by atoms with Crippen LogP contribution >= 0.6 is 0 Å². The molecule has 0 spiro atoms. The molecule has 1 fully saturated rings. The first kappa shape index (κ1) is 18.8. The molecular weight excluding hydrogens is 346 g/mol. The smallest absolute Gasteiger partial charge is 0.0704 e. The molecule has 0 saturated carbocycles. The topological polar surface area (TPSA) is 49.2 Å². The molecule has 1 aromatic carbocycles. The van der Waals surface area contributed by atoms with Crippen molar-refractivity contribution in [1.29, 1.82) is 0 Å². The van der Waals surface area contributed by atoms with Gasteiger partial charge in [0.2, 0.25) is 0 Å². The Morgan fingerprint density at radius 3 is 2.57 bits per heavy atom. The van der Waals surface area contributed by atoms with E-state index in [-0.39, 0.29) is 6.61 Å². The van der Waals surface area contributed by atoms with Crippen LogP contribution in [0.5, 0.6) is 0 Å². The molecule has 1 atom stereocenters. The van der Waals surface area contributed by atoms with Crippen molar-refractivity contribution in [3.05, 3.63) is 83.3 Å². The fourth-order valence-corrected chi connectivity index (χ4v) is 3.87. The number of aliphatic hydroxyl groups is 1. The molecule has 3 heterocycles. The summed E-state index contributed by atoms with van der Waals surface area (Å²) in [6.45, 7) is 5.31. The Balaban J connectivity index is 1.43. The molecule has 4 heteroatoms. The Labute approximate surface area is 166 Å². The quantitative estimate of drug-likeness (QED) is 0.704. The van der Waals surface area contributed by atoms with Crippen molar-refractivity contribution in [2.45, 2.75) is 38.8 Å². The van der Waals surface area contributed by atoms with Gasteiger partial charge in [-0.25, -0.2) is 0 Å². The third-order valence-electron chi connectivity index (χ3n) is 5.64. The fraction of sp³-hybridized carbons (Fsp3) is 0.333. The van der Waals surface area contributed by atoms with Gasteiger partial charge in [0.25, 0.3) is 0 Å². The molecule has 28 heavy (non-hydrogen) atoms. The largest absolute Gasteiger partial charge is 0.392 e. The first-order valence-electron chi connectivity index (χ1n) is 10.1. The maximum absolute atomic E-state index is 9.22. The zero-order valence-corrected chi connectivity index (χ0v) is 16.4. The Morgan fingerprint density at radius 1 is 1.04 bits per heavy atom. The van der Waals surface area contributed by atoms with Crippen molar-refractivity contribution in [2.24, 2.45) is 0 Å². The summed E-state index contributed by atoms with van der Waals surface area (Å²) in [5.74, 6) is 0.536. The van der Waals surface area contributed by atoms with Crippen LogP contribution in [0.15, 0.2) is 60.9 Å². The Kier molecular flexibility index (Phi) is 5.79. The normalized spacial score (nSPS) is 17.1. The van der Waals surface area contributed by atoms with Crippen LogP contribution in [0.1, 0.15) is 41.6 Å². The van der Waals surface area contributed by atoms with Crippen LogP contribution in [0.25, 0.3) is 11.3 Å². The lowest BCUT2D eigenvalue weighted by Crippen LogP contribution is -2.20. The van der Waals surface area contributed by atoms with Crippen molar-refractivity contribution in [3.8, 4) is 11.3 Å². The first-order valence-corrected chi connectivity index (χ1v) is 10.1. The van der Waals surface area contributed by atoms with E-state index in [0.29, 0.717) is 5.92 Å². The Morgan fingerprint density at radius 2 is 1.86 bits per heavy atom. The van der Waals surface area contributed by atoms with E-state index in [1.54, 1.807) is 0 Å². The minimum atomic E-state index is 0.0711. The average Bonchev–Trinajstić information content (AvgIpc) is 3.23. The van der Waals surface area contributed by atoms with Gasteiger partial charge in [0.15, 0.2) is 0 Å². The van der Waals surface area contributed by atoms with Crippen LogP contribution in [0, 0.1) is 0 Å². The van der Waals surface area contributed by atoms with Gasteiger partial charge < -0.3 is 5.11 Å². The molecule has 1 aliphatic rings. The van der Waals surface area contributed by atoms with E-state index in [2.05, 4.69) is 46.1 Å². The van der Waals surface area contributed by atoms with Crippen LogP contribution in [0.2, 0.25) is 0 Å². The van der Waals surface area contributed by atoms with Crippen LogP contribution in [0.4, 0.5) is 0 Å². The second-order valence-electron chi connectivity index (χ2n) is 7.56. The monoisotopic (exact) mass is 373 g/mol. The second kappa shape index (κ2) is 8.63. The van der Waals surface area contributed by atoms with Crippen LogP contribution in [0.3, 0.4) is 0 Å². The number of hydrogen-bond donors (Lipinski definition) is 1. The predicted molar refractivity (Wildman–Crippen MR) is 112 cm³/mol. The summed E-state index contributed by atoms with van der Waals surface area (Å²) in [4.78, 5) is 11.7. The number of aliphatic hydroxyl groups excluding tert-OH is 1. The minimum Gasteiger partial charge on any atom is -0.392 e. The summed E-state index contributed by atoms with van der Waals surface area (Å²) in [6, 6.07) is 16.7. The second-order valence-corrected chi connectivity index (χ2v) is 7.56. The standard InChI is InChI=1S/C24H27N3O/c1-2-18-5-8-23(26-14-18)16-27-12-10-22(15-27)21-9-11-25-24(13-21)20-6-3-19(17-28)4-7-20/h3-9,11,13-14,22,28H,2,10,12,15-17H2,1H3. The summed E-state index contributed by atoms with van der Waals surface area (Å²) < 4.78 is 0. The lowest BCUT2D eigenvalue weighted by Gasteiger charge is -2.16. The first-order chi connectivity index (χ1) is 13.7. The zero-order valence-electron chi connectivity index (χ0n) is 16.4. The van der Waals surface area contributed by atoms with Gasteiger partial charge in [-0.2, -0.15) is 0 Å². The molecular formula is C24H27N3O. The molecule has 144 valence electrons. The molecule has 0 amide bonds. The number of benzene rings is 1. The third kappa shape index (κ3) is 4.29. The van der Waals surface area contributed by atoms with Gasteiger partial charge in [0.1, 0.15) is 0 Å². The maximum Gasteiger partial charge on any atom is 0.0704 e. The molecule has 2 aromatic heterocycles. The van der Waals surface area contributed by atoms with Crippen molar-refractivity contribution < 1.29 is 5.11 Å². The molecule has 0 radical (unpaired) electrons. The molecule has 3 aromatic rings. The van der Waals surface area contributed by atoms with E-state index in [1.165, 1.54) is 17.5 Å².